The fourth-order valence-corrected chi connectivity index (χ4v) is 2.14. The number of hydrogen-bond acceptors (Lipinski definition) is 6. The van der Waals surface area contributed by atoms with Gasteiger partial charge in [0, 0.05) is 12.2 Å². The molecule has 0 saturated heterocycles. The lowest BCUT2D eigenvalue weighted by atomic mass is 10.1. The van der Waals surface area contributed by atoms with Crippen LogP contribution in [0, 0.1) is 0 Å². The molecule has 0 bridgehead atoms. The highest BCUT2D eigenvalue weighted by Gasteiger charge is 2.06. The molecule has 0 amide bonds. The molecule has 0 saturated carbocycles. The molecule has 1 unspecified atom stereocenters. The van der Waals surface area contributed by atoms with Crippen molar-refractivity contribution in [1.29, 1.82) is 0 Å². The quantitative estimate of drug-likeness (QED) is 0.782. The smallest absolute Gasteiger partial charge is 0.245 e. The molecule has 2 rings (SSSR count). The van der Waals surface area contributed by atoms with Crippen LogP contribution in [0.3, 0.4) is 0 Å². The Balaban J connectivity index is 1.71. The van der Waals surface area contributed by atoms with E-state index in [1.165, 1.54) is 11.8 Å². The minimum absolute atomic E-state index is 0.201. The Morgan fingerprint density at radius 1 is 1.35 bits per heavy atom. The third-order valence-corrected chi connectivity index (χ3v) is 3.26. The first-order chi connectivity index (χ1) is 9.78. The summed E-state index contributed by atoms with van der Waals surface area (Å²) in [5.74, 6) is 0.456. The zero-order valence-corrected chi connectivity index (χ0v) is 12.3. The van der Waals surface area contributed by atoms with E-state index >= 15 is 0 Å². The van der Waals surface area contributed by atoms with Gasteiger partial charge in [-0.05, 0) is 24.1 Å². The molecule has 5 nitrogen and oxygen atoms in total. The number of aromatic nitrogens is 2. The molecule has 0 aliphatic heterocycles. The van der Waals surface area contributed by atoms with Gasteiger partial charge in [-0.2, -0.15) is 4.37 Å². The second-order valence-corrected chi connectivity index (χ2v) is 5.10. The fraction of sp³-hybridized carbons (Fsp3) is 0.429. The third-order valence-electron chi connectivity index (χ3n) is 2.80. The Morgan fingerprint density at radius 2 is 2.15 bits per heavy atom. The first-order valence-electron chi connectivity index (χ1n) is 6.69. The van der Waals surface area contributed by atoms with Crippen LogP contribution in [-0.4, -0.2) is 33.1 Å². The van der Waals surface area contributed by atoms with Crippen LogP contribution in [0.2, 0.25) is 0 Å². The predicted molar refractivity (Wildman–Crippen MR) is 80.3 cm³/mol. The summed E-state index contributed by atoms with van der Waals surface area (Å²) in [5.41, 5.74) is 2.33. The van der Waals surface area contributed by atoms with Crippen LogP contribution < -0.4 is 10.1 Å². The van der Waals surface area contributed by atoms with E-state index in [4.69, 9.17) is 4.74 Å². The van der Waals surface area contributed by atoms with Gasteiger partial charge in [0.15, 0.2) is 0 Å². The first kappa shape index (κ1) is 14.7. The van der Waals surface area contributed by atoms with Crippen LogP contribution in [0.25, 0.3) is 0 Å². The van der Waals surface area contributed by atoms with Gasteiger partial charge in [0.1, 0.15) is 18.9 Å². The molecule has 0 aliphatic carbocycles. The maximum atomic E-state index is 9.82. The molecule has 0 aliphatic rings. The van der Waals surface area contributed by atoms with Gasteiger partial charge in [-0.3, -0.25) is 0 Å². The lowest BCUT2D eigenvalue weighted by Gasteiger charge is -2.13. The second-order valence-electron chi connectivity index (χ2n) is 4.54. The summed E-state index contributed by atoms with van der Waals surface area (Å²) in [6, 6.07) is 8.27. The normalized spacial score (nSPS) is 12.1. The lowest BCUT2D eigenvalue weighted by molar-refractivity contribution is 0.115. The number of benzene rings is 1. The maximum absolute atomic E-state index is 9.82. The van der Waals surface area contributed by atoms with Gasteiger partial charge >= 0.3 is 0 Å². The minimum atomic E-state index is -0.591. The standard InChI is InChI=1S/C14H19N3O2S/c1-2-3-11-4-6-12(7-5-11)15-8-13(18)10-19-14-9-16-20-17-14/h4-7,9,13,15,18H,2-3,8,10H2,1H3. The number of anilines is 1. The molecular weight excluding hydrogens is 274 g/mol. The maximum Gasteiger partial charge on any atom is 0.245 e. The summed E-state index contributed by atoms with van der Waals surface area (Å²) in [6.45, 7) is 2.80. The summed E-state index contributed by atoms with van der Waals surface area (Å²) in [7, 11) is 0. The molecule has 108 valence electrons. The van der Waals surface area contributed by atoms with E-state index in [1.807, 2.05) is 12.1 Å². The van der Waals surface area contributed by atoms with Gasteiger partial charge in [-0.25, -0.2) is 0 Å². The molecule has 0 fully saturated rings. The van der Waals surface area contributed by atoms with Crippen molar-refractivity contribution < 1.29 is 9.84 Å². The van der Waals surface area contributed by atoms with Crippen molar-refractivity contribution in [2.24, 2.45) is 0 Å². The molecule has 1 aromatic heterocycles. The number of aliphatic hydroxyl groups excluding tert-OH is 1. The van der Waals surface area contributed by atoms with E-state index in [2.05, 4.69) is 33.1 Å². The second kappa shape index (κ2) is 7.81. The average Bonchev–Trinajstić information content (AvgIpc) is 2.98. The number of rotatable bonds is 8. The topological polar surface area (TPSA) is 67.3 Å². The van der Waals surface area contributed by atoms with E-state index in [0.29, 0.717) is 12.4 Å². The predicted octanol–water partition coefficient (Wildman–Crippen LogP) is 2.34. The van der Waals surface area contributed by atoms with Gasteiger partial charge in [-0.15, -0.1) is 4.37 Å². The molecule has 0 spiro atoms. The van der Waals surface area contributed by atoms with Crippen molar-refractivity contribution in [3.05, 3.63) is 36.0 Å². The van der Waals surface area contributed by atoms with Gasteiger partial charge in [0.25, 0.3) is 0 Å². The van der Waals surface area contributed by atoms with E-state index in [1.54, 1.807) is 0 Å². The highest BCUT2D eigenvalue weighted by atomic mass is 32.1. The Morgan fingerprint density at radius 3 is 2.80 bits per heavy atom. The number of aliphatic hydroxyl groups is 1. The highest BCUT2D eigenvalue weighted by molar-refractivity contribution is 6.99. The Bertz CT molecular complexity index is 488. The minimum Gasteiger partial charge on any atom is -0.473 e. The van der Waals surface area contributed by atoms with E-state index in [0.717, 1.165) is 30.3 Å². The molecule has 1 aromatic carbocycles. The van der Waals surface area contributed by atoms with Crippen molar-refractivity contribution in [2.45, 2.75) is 25.9 Å². The lowest BCUT2D eigenvalue weighted by Crippen LogP contribution is -2.26. The van der Waals surface area contributed by atoms with Crippen LogP contribution in [0.1, 0.15) is 18.9 Å². The number of hydrogen-bond donors (Lipinski definition) is 2. The van der Waals surface area contributed by atoms with Crippen molar-refractivity contribution in [3.63, 3.8) is 0 Å². The monoisotopic (exact) mass is 293 g/mol. The Kier molecular flexibility index (Phi) is 5.76. The number of aryl methyl sites for hydroxylation is 1. The number of ether oxygens (including phenoxy) is 1. The molecule has 1 atom stereocenters. The summed E-state index contributed by atoms with van der Waals surface area (Å²) in [5, 5.41) is 13.0. The summed E-state index contributed by atoms with van der Waals surface area (Å²) in [4.78, 5) is 0. The van der Waals surface area contributed by atoms with Crippen molar-refractivity contribution >= 4 is 17.4 Å². The van der Waals surface area contributed by atoms with Crippen LogP contribution in [0.4, 0.5) is 5.69 Å². The summed E-state index contributed by atoms with van der Waals surface area (Å²) >= 11 is 1.08. The van der Waals surface area contributed by atoms with E-state index in [-0.39, 0.29) is 6.61 Å². The number of nitrogens with one attached hydrogen (secondary N) is 1. The van der Waals surface area contributed by atoms with Crippen molar-refractivity contribution in [2.75, 3.05) is 18.5 Å². The van der Waals surface area contributed by atoms with Crippen LogP contribution in [-0.2, 0) is 6.42 Å². The SMILES string of the molecule is CCCc1ccc(NCC(O)COc2cnsn2)cc1. The van der Waals surface area contributed by atoms with Gasteiger partial charge in [0.05, 0.1) is 11.7 Å². The van der Waals surface area contributed by atoms with Crippen LogP contribution in [0.5, 0.6) is 5.88 Å². The van der Waals surface area contributed by atoms with Crippen LogP contribution in [0.15, 0.2) is 30.5 Å². The highest BCUT2D eigenvalue weighted by Crippen LogP contribution is 2.11. The zero-order valence-electron chi connectivity index (χ0n) is 11.5. The molecule has 1 heterocycles. The molecule has 2 N–H and O–H groups in total. The van der Waals surface area contributed by atoms with Crippen molar-refractivity contribution in [3.8, 4) is 5.88 Å². The third kappa shape index (κ3) is 4.79. The Hall–Kier alpha value is -1.66. The fourth-order valence-electron chi connectivity index (χ4n) is 1.77. The van der Waals surface area contributed by atoms with Crippen LogP contribution >= 0.6 is 11.7 Å². The van der Waals surface area contributed by atoms with E-state index in [9.17, 15) is 5.11 Å². The molecule has 2 aromatic rings. The molecular formula is C14H19N3O2S. The van der Waals surface area contributed by atoms with E-state index < -0.39 is 6.10 Å². The zero-order chi connectivity index (χ0) is 14.2. The van der Waals surface area contributed by atoms with Gasteiger partial charge in [-0.1, -0.05) is 25.5 Å². The largest absolute Gasteiger partial charge is 0.473 e. The Labute approximate surface area is 122 Å². The summed E-state index contributed by atoms with van der Waals surface area (Å²) < 4.78 is 13.0. The molecule has 6 heteroatoms. The summed E-state index contributed by atoms with van der Waals surface area (Å²) in [6.07, 6.45) is 3.19. The number of nitrogens with zero attached hydrogens (tertiary/aromatic N) is 2. The van der Waals surface area contributed by atoms with Gasteiger partial charge in [0.2, 0.25) is 5.88 Å². The average molecular weight is 293 g/mol. The molecule has 20 heavy (non-hydrogen) atoms. The first-order valence-corrected chi connectivity index (χ1v) is 7.42. The molecule has 0 radical (unpaired) electrons. The van der Waals surface area contributed by atoms with Crippen molar-refractivity contribution in [1.82, 2.24) is 8.75 Å². The van der Waals surface area contributed by atoms with Gasteiger partial charge < -0.3 is 15.2 Å².